The molecule has 9 heteroatoms. The van der Waals surface area contributed by atoms with E-state index in [-0.39, 0.29) is 11.7 Å². The van der Waals surface area contributed by atoms with E-state index < -0.39 is 11.9 Å². The molecule has 4 atom stereocenters. The highest BCUT2D eigenvalue weighted by molar-refractivity contribution is 5.54. The second-order valence-electron chi connectivity index (χ2n) is 8.91. The predicted molar refractivity (Wildman–Crippen MR) is 104 cm³/mol. The topological polar surface area (TPSA) is 56.1 Å². The summed E-state index contributed by atoms with van der Waals surface area (Å²) in [5.74, 6) is 1.70. The molecule has 1 saturated heterocycles. The molecule has 6 nitrogen and oxygen atoms in total. The van der Waals surface area contributed by atoms with Crippen LogP contribution in [0.25, 0.3) is 11.4 Å². The van der Waals surface area contributed by atoms with Crippen molar-refractivity contribution >= 4 is 0 Å². The van der Waals surface area contributed by atoms with Gasteiger partial charge in [-0.25, -0.2) is 4.98 Å². The van der Waals surface area contributed by atoms with Gasteiger partial charge >= 0.3 is 6.18 Å². The highest BCUT2D eigenvalue weighted by Crippen LogP contribution is 2.64. The molecule has 0 spiro atoms. The smallest absolute Gasteiger partial charge is 0.379 e. The van der Waals surface area contributed by atoms with Gasteiger partial charge in [0.15, 0.2) is 5.69 Å². The monoisotopic (exact) mass is 421 g/mol. The number of hydrogen-bond donors (Lipinski definition) is 0. The minimum absolute atomic E-state index is 0.129. The zero-order valence-corrected chi connectivity index (χ0v) is 17.1. The van der Waals surface area contributed by atoms with Gasteiger partial charge in [0.1, 0.15) is 11.4 Å². The average Bonchev–Trinajstić information content (AvgIpc) is 3.10. The van der Waals surface area contributed by atoms with Gasteiger partial charge in [-0.1, -0.05) is 0 Å². The third kappa shape index (κ3) is 3.51. The molecule has 5 rings (SSSR count). The molecule has 162 valence electrons. The molecule has 2 aliphatic carbocycles. The summed E-state index contributed by atoms with van der Waals surface area (Å²) in [7, 11) is 0. The van der Waals surface area contributed by atoms with Crippen molar-refractivity contribution < 1.29 is 17.9 Å². The Bertz CT molecular complexity index is 910. The fourth-order valence-electron chi connectivity index (χ4n) is 5.31. The maximum absolute atomic E-state index is 13.0. The highest BCUT2D eigenvalue weighted by Gasteiger charge is 2.58. The molecule has 1 aliphatic heterocycles. The van der Waals surface area contributed by atoms with Gasteiger partial charge in [0, 0.05) is 36.8 Å². The fourth-order valence-corrected chi connectivity index (χ4v) is 5.31. The van der Waals surface area contributed by atoms with E-state index in [1.165, 1.54) is 19.0 Å². The molecule has 0 N–H and O–H groups in total. The Labute approximate surface area is 173 Å². The Kier molecular flexibility index (Phi) is 4.85. The lowest BCUT2D eigenvalue weighted by Gasteiger charge is -2.33. The van der Waals surface area contributed by atoms with Crippen LogP contribution in [0, 0.1) is 11.8 Å². The Morgan fingerprint density at radius 3 is 2.40 bits per heavy atom. The number of alkyl halides is 3. The second-order valence-corrected chi connectivity index (χ2v) is 8.91. The zero-order valence-electron chi connectivity index (χ0n) is 17.1. The molecular weight excluding hydrogens is 395 g/mol. The molecule has 2 saturated carbocycles. The molecule has 0 radical (unpaired) electrons. The summed E-state index contributed by atoms with van der Waals surface area (Å²) in [4.78, 5) is 10.1. The Morgan fingerprint density at radius 2 is 1.77 bits per heavy atom. The molecule has 3 heterocycles. The van der Waals surface area contributed by atoms with E-state index in [1.807, 2.05) is 24.6 Å². The van der Waals surface area contributed by atoms with Crippen molar-refractivity contribution in [1.29, 1.82) is 0 Å². The quantitative estimate of drug-likeness (QED) is 0.752. The number of aromatic nitrogens is 4. The summed E-state index contributed by atoms with van der Waals surface area (Å²) in [6, 6.07) is 2.69. The first-order chi connectivity index (χ1) is 14.3. The molecular formula is C21H26F3N5O. The van der Waals surface area contributed by atoms with Crippen LogP contribution in [0.2, 0.25) is 0 Å². The van der Waals surface area contributed by atoms with E-state index >= 15 is 0 Å². The number of ether oxygens (including phenoxy) is 1. The minimum atomic E-state index is -4.52. The first-order valence-electron chi connectivity index (χ1n) is 10.6. The van der Waals surface area contributed by atoms with Crippen molar-refractivity contribution in [2.45, 2.75) is 50.9 Å². The summed E-state index contributed by atoms with van der Waals surface area (Å²) in [6.07, 6.45) is -0.0573. The summed E-state index contributed by atoms with van der Waals surface area (Å²) >= 11 is 0. The lowest BCUT2D eigenvalue weighted by molar-refractivity contribution is -0.141. The Hall–Kier alpha value is -2.00. The lowest BCUT2D eigenvalue weighted by atomic mass is 10.0. The van der Waals surface area contributed by atoms with Crippen molar-refractivity contribution in [2.24, 2.45) is 11.8 Å². The highest BCUT2D eigenvalue weighted by atomic mass is 19.4. The SMILES string of the molecule is CC(C)n1nc(-c2cncc(C(F)(F)F)n2)cc1C1[C@H]2CC(N3CCOCC3)C[C@@H]12. The molecule has 30 heavy (non-hydrogen) atoms. The van der Waals surface area contributed by atoms with Gasteiger partial charge in [0.25, 0.3) is 0 Å². The van der Waals surface area contributed by atoms with E-state index in [4.69, 9.17) is 4.74 Å². The van der Waals surface area contributed by atoms with Crippen molar-refractivity contribution in [2.75, 3.05) is 26.3 Å². The van der Waals surface area contributed by atoms with Gasteiger partial charge in [-0.2, -0.15) is 18.3 Å². The van der Waals surface area contributed by atoms with Gasteiger partial charge in [-0.15, -0.1) is 0 Å². The van der Waals surface area contributed by atoms with Crippen molar-refractivity contribution in [3.05, 3.63) is 29.8 Å². The van der Waals surface area contributed by atoms with E-state index in [0.717, 1.165) is 38.2 Å². The number of halogens is 3. The third-order valence-electron chi connectivity index (χ3n) is 6.76. The van der Waals surface area contributed by atoms with Crippen LogP contribution in [0.15, 0.2) is 18.5 Å². The van der Waals surface area contributed by atoms with Gasteiger partial charge < -0.3 is 4.74 Å². The van der Waals surface area contributed by atoms with E-state index in [2.05, 4.69) is 20.0 Å². The molecule has 0 aromatic carbocycles. The van der Waals surface area contributed by atoms with E-state index in [9.17, 15) is 13.2 Å². The van der Waals surface area contributed by atoms with Crippen LogP contribution in [0.5, 0.6) is 0 Å². The maximum atomic E-state index is 13.0. The van der Waals surface area contributed by atoms with Crippen LogP contribution in [0.4, 0.5) is 13.2 Å². The lowest BCUT2D eigenvalue weighted by Crippen LogP contribution is -2.43. The molecule has 0 amide bonds. The molecule has 2 unspecified atom stereocenters. The van der Waals surface area contributed by atoms with Crippen LogP contribution in [-0.2, 0) is 10.9 Å². The largest absolute Gasteiger partial charge is 0.434 e. The van der Waals surface area contributed by atoms with Gasteiger partial charge in [0.2, 0.25) is 0 Å². The van der Waals surface area contributed by atoms with E-state index in [0.29, 0.717) is 29.5 Å². The second kappa shape index (κ2) is 7.30. The standard InChI is InChI=1S/C21H26F3N5O/c1-12(2)29-18(9-16(27-29)17-10-25-11-19(26-17)21(22,23)24)20-14-7-13(8-15(14)20)28-3-5-30-6-4-28/h9-15,20H,3-8H2,1-2H3/t13?,14-,15+,20?. The minimum Gasteiger partial charge on any atom is -0.379 e. The molecule has 2 aromatic rings. The van der Waals surface area contributed by atoms with Crippen LogP contribution >= 0.6 is 0 Å². The average molecular weight is 421 g/mol. The van der Waals surface area contributed by atoms with Crippen LogP contribution in [0.1, 0.15) is 50.0 Å². The number of hydrogen-bond acceptors (Lipinski definition) is 5. The normalized spacial score (nSPS) is 29.4. The molecule has 3 aliphatic rings. The van der Waals surface area contributed by atoms with Crippen LogP contribution in [0.3, 0.4) is 0 Å². The molecule has 3 fully saturated rings. The predicted octanol–water partition coefficient (Wildman–Crippen LogP) is 3.76. The molecule has 0 bridgehead atoms. The van der Waals surface area contributed by atoms with Crippen molar-refractivity contribution in [1.82, 2.24) is 24.6 Å². The van der Waals surface area contributed by atoms with Gasteiger partial charge in [0.05, 0.1) is 25.6 Å². The Morgan fingerprint density at radius 1 is 1.07 bits per heavy atom. The van der Waals surface area contributed by atoms with Crippen LogP contribution in [-0.4, -0.2) is 57.0 Å². The first kappa shape index (κ1) is 19.9. The van der Waals surface area contributed by atoms with E-state index in [1.54, 1.807) is 0 Å². The fraction of sp³-hybridized carbons (Fsp3) is 0.667. The number of rotatable bonds is 4. The van der Waals surface area contributed by atoms with Crippen molar-refractivity contribution in [3.63, 3.8) is 0 Å². The third-order valence-corrected chi connectivity index (χ3v) is 6.76. The summed E-state index contributed by atoms with van der Waals surface area (Å²) < 4.78 is 46.6. The van der Waals surface area contributed by atoms with Crippen LogP contribution < -0.4 is 0 Å². The maximum Gasteiger partial charge on any atom is 0.434 e. The van der Waals surface area contributed by atoms with Crippen molar-refractivity contribution in [3.8, 4) is 11.4 Å². The molecule has 2 aromatic heterocycles. The number of fused-ring (bicyclic) bond motifs is 1. The summed E-state index contributed by atoms with van der Waals surface area (Å²) in [5, 5.41) is 4.62. The summed E-state index contributed by atoms with van der Waals surface area (Å²) in [5.41, 5.74) is 0.765. The number of morpholine rings is 1. The van der Waals surface area contributed by atoms with Gasteiger partial charge in [-0.3, -0.25) is 14.6 Å². The number of nitrogens with zero attached hydrogens (tertiary/aromatic N) is 5. The zero-order chi connectivity index (χ0) is 21.0. The summed E-state index contributed by atoms with van der Waals surface area (Å²) in [6.45, 7) is 7.75. The first-order valence-corrected chi connectivity index (χ1v) is 10.6. The van der Waals surface area contributed by atoms with Gasteiger partial charge in [-0.05, 0) is 44.6 Å². The Balaban J connectivity index is 1.37.